The van der Waals surface area contributed by atoms with Gasteiger partial charge < -0.3 is 0 Å². The maximum absolute atomic E-state index is 12.4. The van der Waals surface area contributed by atoms with Gasteiger partial charge in [-0.1, -0.05) is 13.0 Å². The molecular formula is C13H20ClNO2S. The molecule has 3 nitrogen and oxygen atoms in total. The Morgan fingerprint density at radius 1 is 1.39 bits per heavy atom. The van der Waals surface area contributed by atoms with Gasteiger partial charge in [0.25, 0.3) is 0 Å². The van der Waals surface area contributed by atoms with Crippen molar-refractivity contribution in [3.8, 4) is 0 Å². The van der Waals surface area contributed by atoms with Crippen LogP contribution >= 0.6 is 11.6 Å². The quantitative estimate of drug-likeness (QED) is 0.781. The highest BCUT2D eigenvalue weighted by molar-refractivity contribution is 7.89. The van der Waals surface area contributed by atoms with Crippen LogP contribution < -0.4 is 0 Å². The smallest absolute Gasteiger partial charge is 0.207 e. The minimum atomic E-state index is -3.41. The largest absolute Gasteiger partial charge is 0.243 e. The lowest BCUT2D eigenvalue weighted by atomic mass is 10.1. The summed E-state index contributed by atoms with van der Waals surface area (Å²) in [4.78, 5) is 0.330. The van der Waals surface area contributed by atoms with E-state index < -0.39 is 10.0 Å². The van der Waals surface area contributed by atoms with E-state index in [0.717, 1.165) is 17.5 Å². The highest BCUT2D eigenvalue weighted by Crippen LogP contribution is 2.21. The molecule has 1 aromatic rings. The molecule has 0 aromatic heterocycles. The SMILES string of the molecule is CCC(C)N(C)S(=O)(=O)c1ccc(CCl)c(C)c1. The van der Waals surface area contributed by atoms with Gasteiger partial charge >= 0.3 is 0 Å². The third-order valence-electron chi connectivity index (χ3n) is 3.35. The number of halogens is 1. The Morgan fingerprint density at radius 3 is 2.44 bits per heavy atom. The summed E-state index contributed by atoms with van der Waals surface area (Å²) in [5.41, 5.74) is 1.87. The predicted molar refractivity (Wildman–Crippen MR) is 75.4 cm³/mol. The van der Waals surface area contributed by atoms with Crippen LogP contribution in [0.4, 0.5) is 0 Å². The van der Waals surface area contributed by atoms with Gasteiger partial charge in [0.05, 0.1) is 4.90 Å². The molecule has 0 amide bonds. The Kier molecular flexibility index (Phi) is 5.20. The monoisotopic (exact) mass is 289 g/mol. The lowest BCUT2D eigenvalue weighted by molar-refractivity contribution is 0.380. The molecule has 1 rings (SSSR count). The van der Waals surface area contributed by atoms with Crippen molar-refractivity contribution in [2.75, 3.05) is 7.05 Å². The first-order chi connectivity index (χ1) is 8.34. The number of hydrogen-bond acceptors (Lipinski definition) is 2. The zero-order valence-corrected chi connectivity index (χ0v) is 12.8. The number of nitrogens with zero attached hydrogens (tertiary/aromatic N) is 1. The van der Waals surface area contributed by atoms with Gasteiger partial charge in [-0.3, -0.25) is 0 Å². The van der Waals surface area contributed by atoms with Crippen LogP contribution in [-0.2, 0) is 15.9 Å². The second-order valence-electron chi connectivity index (χ2n) is 4.50. The Labute approximate surface area is 115 Å². The highest BCUT2D eigenvalue weighted by Gasteiger charge is 2.24. The summed E-state index contributed by atoms with van der Waals surface area (Å²) in [6.07, 6.45) is 0.786. The van der Waals surface area contributed by atoms with Crippen LogP contribution in [0.2, 0.25) is 0 Å². The van der Waals surface area contributed by atoms with E-state index in [1.54, 1.807) is 25.2 Å². The molecule has 0 fully saturated rings. The number of rotatable bonds is 5. The highest BCUT2D eigenvalue weighted by atomic mass is 35.5. The maximum Gasteiger partial charge on any atom is 0.243 e. The summed E-state index contributed by atoms with van der Waals surface area (Å²) in [6, 6.07) is 5.08. The molecule has 1 unspecified atom stereocenters. The molecule has 0 N–H and O–H groups in total. The predicted octanol–water partition coefficient (Wildman–Crippen LogP) is 3.15. The molecule has 0 radical (unpaired) electrons. The molecule has 102 valence electrons. The van der Waals surface area contributed by atoms with E-state index >= 15 is 0 Å². The summed E-state index contributed by atoms with van der Waals surface area (Å²) in [7, 11) is -1.79. The molecule has 0 heterocycles. The number of alkyl halides is 1. The third kappa shape index (κ3) is 3.05. The van der Waals surface area contributed by atoms with Crippen molar-refractivity contribution in [1.29, 1.82) is 0 Å². The van der Waals surface area contributed by atoms with Crippen molar-refractivity contribution in [3.63, 3.8) is 0 Å². The fraction of sp³-hybridized carbons (Fsp3) is 0.538. The van der Waals surface area contributed by atoms with E-state index in [4.69, 9.17) is 11.6 Å². The van der Waals surface area contributed by atoms with Crippen LogP contribution in [0.3, 0.4) is 0 Å². The molecule has 1 atom stereocenters. The molecule has 0 spiro atoms. The third-order valence-corrected chi connectivity index (χ3v) is 5.60. The number of benzene rings is 1. The van der Waals surface area contributed by atoms with Gasteiger partial charge in [-0.2, -0.15) is 4.31 Å². The summed E-state index contributed by atoms with van der Waals surface area (Å²) in [5.74, 6) is 0.396. The first-order valence-corrected chi connectivity index (χ1v) is 7.95. The van der Waals surface area contributed by atoms with Crippen molar-refractivity contribution >= 4 is 21.6 Å². The number of aryl methyl sites for hydroxylation is 1. The molecule has 18 heavy (non-hydrogen) atoms. The molecule has 1 aromatic carbocycles. The first-order valence-electron chi connectivity index (χ1n) is 5.98. The lowest BCUT2D eigenvalue weighted by Gasteiger charge is -2.23. The zero-order valence-electron chi connectivity index (χ0n) is 11.3. The Bertz CT molecular complexity index is 514. The summed E-state index contributed by atoms with van der Waals surface area (Å²) < 4.78 is 26.2. The molecular weight excluding hydrogens is 270 g/mol. The van der Waals surface area contributed by atoms with Gasteiger partial charge in [0, 0.05) is 19.0 Å². The minimum absolute atomic E-state index is 0.0111. The van der Waals surface area contributed by atoms with Gasteiger partial charge in [0.1, 0.15) is 0 Å². The van der Waals surface area contributed by atoms with Crippen molar-refractivity contribution in [2.45, 2.75) is 44.0 Å². The van der Waals surface area contributed by atoms with E-state index in [-0.39, 0.29) is 6.04 Å². The molecule has 0 bridgehead atoms. The average Bonchev–Trinajstić information content (AvgIpc) is 2.36. The van der Waals surface area contributed by atoms with Crippen LogP contribution in [-0.4, -0.2) is 25.8 Å². The Balaban J connectivity index is 3.17. The Hall–Kier alpha value is -0.580. The van der Waals surface area contributed by atoms with Crippen LogP contribution in [0, 0.1) is 6.92 Å². The van der Waals surface area contributed by atoms with Crippen molar-refractivity contribution in [3.05, 3.63) is 29.3 Å². The van der Waals surface area contributed by atoms with Crippen molar-refractivity contribution in [1.82, 2.24) is 4.31 Å². The lowest BCUT2D eigenvalue weighted by Crippen LogP contribution is -2.34. The van der Waals surface area contributed by atoms with Crippen molar-refractivity contribution < 1.29 is 8.42 Å². The number of sulfonamides is 1. The topological polar surface area (TPSA) is 37.4 Å². The van der Waals surface area contributed by atoms with E-state index in [9.17, 15) is 8.42 Å². The minimum Gasteiger partial charge on any atom is -0.207 e. The Morgan fingerprint density at radius 2 is 2.00 bits per heavy atom. The molecule has 0 aliphatic carbocycles. The second-order valence-corrected chi connectivity index (χ2v) is 6.77. The molecule has 0 saturated carbocycles. The van der Waals surface area contributed by atoms with Crippen LogP contribution in [0.5, 0.6) is 0 Å². The summed E-state index contributed by atoms with van der Waals surface area (Å²) >= 11 is 5.77. The van der Waals surface area contributed by atoms with E-state index in [0.29, 0.717) is 10.8 Å². The van der Waals surface area contributed by atoms with E-state index in [1.165, 1.54) is 4.31 Å². The van der Waals surface area contributed by atoms with Gasteiger partial charge in [0.2, 0.25) is 10.0 Å². The molecule has 0 saturated heterocycles. The van der Waals surface area contributed by atoms with Gasteiger partial charge in [-0.05, 0) is 43.5 Å². The summed E-state index contributed by atoms with van der Waals surface area (Å²) in [5, 5.41) is 0. The van der Waals surface area contributed by atoms with E-state index in [1.807, 2.05) is 20.8 Å². The molecule has 0 aliphatic rings. The fourth-order valence-corrected chi connectivity index (χ4v) is 3.46. The molecule has 0 aliphatic heterocycles. The first kappa shape index (κ1) is 15.5. The maximum atomic E-state index is 12.4. The van der Waals surface area contributed by atoms with Gasteiger partial charge in [0.15, 0.2) is 0 Å². The van der Waals surface area contributed by atoms with Crippen LogP contribution in [0.1, 0.15) is 31.4 Å². The normalized spacial score (nSPS) is 13.9. The zero-order chi connectivity index (χ0) is 13.9. The summed E-state index contributed by atoms with van der Waals surface area (Å²) in [6.45, 7) is 5.75. The van der Waals surface area contributed by atoms with E-state index in [2.05, 4.69) is 0 Å². The van der Waals surface area contributed by atoms with Crippen LogP contribution in [0.25, 0.3) is 0 Å². The standard InChI is InChI=1S/C13H20ClNO2S/c1-5-11(3)15(4)18(16,17)13-7-6-12(9-14)10(2)8-13/h6-8,11H,5,9H2,1-4H3. The van der Waals surface area contributed by atoms with Crippen LogP contribution in [0.15, 0.2) is 23.1 Å². The second kappa shape index (κ2) is 6.04. The van der Waals surface area contributed by atoms with Crippen molar-refractivity contribution in [2.24, 2.45) is 0 Å². The number of hydrogen-bond donors (Lipinski definition) is 0. The van der Waals surface area contributed by atoms with Gasteiger partial charge in [-0.25, -0.2) is 8.42 Å². The fourth-order valence-electron chi connectivity index (χ4n) is 1.64. The average molecular weight is 290 g/mol. The molecule has 5 heteroatoms. The van der Waals surface area contributed by atoms with Gasteiger partial charge in [-0.15, -0.1) is 11.6 Å².